The van der Waals surface area contributed by atoms with Crippen molar-refractivity contribution in [2.45, 2.75) is 45.1 Å². The van der Waals surface area contributed by atoms with Crippen molar-refractivity contribution in [3.05, 3.63) is 49.1 Å². The zero-order chi connectivity index (χ0) is 19.3. The Kier molecular flexibility index (Phi) is 6.56. The zero-order valence-electron chi connectivity index (χ0n) is 15.5. The van der Waals surface area contributed by atoms with Gasteiger partial charge in [0.2, 0.25) is 0 Å². The number of esters is 2. The van der Waals surface area contributed by atoms with Gasteiger partial charge >= 0.3 is 11.9 Å². The van der Waals surface area contributed by atoms with Crippen molar-refractivity contribution < 1.29 is 23.8 Å². The first-order valence-corrected chi connectivity index (χ1v) is 7.93. The molecule has 1 aromatic rings. The summed E-state index contributed by atoms with van der Waals surface area (Å²) in [5.74, 6) is -0.237. The van der Waals surface area contributed by atoms with Crippen molar-refractivity contribution in [1.82, 2.24) is 0 Å². The number of rotatable bonds is 8. The lowest BCUT2D eigenvalue weighted by Crippen LogP contribution is -2.35. The molecule has 0 spiro atoms. The summed E-state index contributed by atoms with van der Waals surface area (Å²) in [4.78, 5) is 22.9. The summed E-state index contributed by atoms with van der Waals surface area (Å²) in [6.45, 7) is 14.6. The Morgan fingerprint density at radius 2 is 1.64 bits per heavy atom. The van der Waals surface area contributed by atoms with Crippen LogP contribution in [0, 0.1) is 0 Å². The molecular weight excluding hydrogens is 320 g/mol. The lowest BCUT2D eigenvalue weighted by molar-refractivity contribution is -0.151. The van der Waals surface area contributed by atoms with Crippen LogP contribution in [-0.2, 0) is 19.7 Å². The number of ether oxygens (including phenoxy) is 3. The summed E-state index contributed by atoms with van der Waals surface area (Å²) in [6.07, 6.45) is 2.82. The van der Waals surface area contributed by atoms with Gasteiger partial charge in [0, 0.05) is 12.2 Å². The molecule has 0 aromatic heterocycles. The van der Waals surface area contributed by atoms with Gasteiger partial charge in [0.15, 0.2) is 11.5 Å². The largest absolute Gasteiger partial charge is 0.493 e. The first-order valence-electron chi connectivity index (χ1n) is 7.93. The predicted octanol–water partition coefficient (Wildman–Crippen LogP) is 3.96. The van der Waals surface area contributed by atoms with E-state index in [4.69, 9.17) is 14.2 Å². The molecule has 0 fully saturated rings. The van der Waals surface area contributed by atoms with Gasteiger partial charge in [-0.15, -0.1) is 0 Å². The number of carbonyl (C=O) groups excluding carboxylic acids is 2. The fourth-order valence-corrected chi connectivity index (χ4v) is 2.84. The van der Waals surface area contributed by atoms with Crippen LogP contribution in [0.4, 0.5) is 0 Å². The molecule has 0 N–H and O–H groups in total. The molecule has 0 amide bonds. The number of hydrogen-bond acceptors (Lipinski definition) is 5. The van der Waals surface area contributed by atoms with Crippen molar-refractivity contribution in [2.24, 2.45) is 0 Å². The molecule has 0 atom stereocenters. The third-order valence-electron chi connectivity index (χ3n) is 3.73. The van der Waals surface area contributed by atoms with E-state index in [0.717, 1.165) is 17.7 Å². The van der Waals surface area contributed by atoms with Crippen LogP contribution in [-0.4, -0.2) is 24.6 Å². The van der Waals surface area contributed by atoms with Gasteiger partial charge < -0.3 is 14.2 Å². The molecule has 1 aromatic carbocycles. The standard InChI is InChI=1S/C20H26O5/c1-8-17(21)24-15-11-10-14(12-16(15)23-7)19(3,4)13-20(5,6)25-18(22)9-2/h8-12H,1-2,13H2,3-7H3. The van der Waals surface area contributed by atoms with Gasteiger partial charge in [-0.3, -0.25) is 0 Å². The van der Waals surface area contributed by atoms with Crippen LogP contribution in [0.2, 0.25) is 0 Å². The Morgan fingerprint density at radius 3 is 2.16 bits per heavy atom. The van der Waals surface area contributed by atoms with Crippen molar-refractivity contribution in [1.29, 1.82) is 0 Å². The lowest BCUT2D eigenvalue weighted by atomic mass is 9.76. The van der Waals surface area contributed by atoms with E-state index in [1.54, 1.807) is 6.07 Å². The Hall–Kier alpha value is -2.56. The Bertz CT molecular complexity index is 671. The topological polar surface area (TPSA) is 61.8 Å². The average molecular weight is 346 g/mol. The van der Waals surface area contributed by atoms with Crippen LogP contribution >= 0.6 is 0 Å². The number of carbonyl (C=O) groups is 2. The Balaban J connectivity index is 3.08. The summed E-state index contributed by atoms with van der Waals surface area (Å²) in [5.41, 5.74) is -0.0275. The maximum atomic E-state index is 11.5. The predicted molar refractivity (Wildman–Crippen MR) is 96.8 cm³/mol. The third-order valence-corrected chi connectivity index (χ3v) is 3.73. The minimum absolute atomic E-state index is 0.320. The molecule has 0 bridgehead atoms. The van der Waals surface area contributed by atoms with Crippen LogP contribution in [0.25, 0.3) is 0 Å². The molecular formula is C20H26O5. The highest BCUT2D eigenvalue weighted by molar-refractivity contribution is 5.84. The van der Waals surface area contributed by atoms with E-state index >= 15 is 0 Å². The third kappa shape index (κ3) is 5.78. The normalized spacial score (nSPS) is 11.4. The molecule has 0 radical (unpaired) electrons. The summed E-state index contributed by atoms with van der Waals surface area (Å²) in [6, 6.07) is 5.36. The molecule has 0 saturated carbocycles. The SMILES string of the molecule is C=CC(=O)Oc1ccc(C(C)(C)CC(C)(C)OC(=O)C=C)cc1OC. The molecule has 0 saturated heterocycles. The molecule has 136 valence electrons. The van der Waals surface area contributed by atoms with E-state index in [1.165, 1.54) is 7.11 Å². The Morgan fingerprint density at radius 1 is 1.04 bits per heavy atom. The van der Waals surface area contributed by atoms with Crippen molar-refractivity contribution >= 4 is 11.9 Å². The zero-order valence-corrected chi connectivity index (χ0v) is 15.5. The van der Waals surface area contributed by atoms with Gasteiger partial charge in [-0.05, 0) is 43.4 Å². The summed E-state index contributed by atoms with van der Waals surface area (Å²) in [5, 5.41) is 0. The molecule has 5 heteroatoms. The molecule has 5 nitrogen and oxygen atoms in total. The number of methoxy groups -OCH3 is 1. The highest BCUT2D eigenvalue weighted by atomic mass is 16.6. The van der Waals surface area contributed by atoms with E-state index < -0.39 is 17.5 Å². The van der Waals surface area contributed by atoms with Gasteiger partial charge in [0.05, 0.1) is 7.11 Å². The van der Waals surface area contributed by atoms with Gasteiger partial charge in [0.25, 0.3) is 0 Å². The quantitative estimate of drug-likeness (QED) is 0.405. The lowest BCUT2D eigenvalue weighted by Gasteiger charge is -2.35. The van der Waals surface area contributed by atoms with Crippen LogP contribution in [0.15, 0.2) is 43.5 Å². The summed E-state index contributed by atoms with van der Waals surface area (Å²) in [7, 11) is 1.51. The first-order chi connectivity index (χ1) is 11.5. The molecule has 0 aliphatic carbocycles. The highest BCUT2D eigenvalue weighted by Gasteiger charge is 2.33. The maximum Gasteiger partial charge on any atom is 0.335 e. The van der Waals surface area contributed by atoms with Gasteiger partial charge in [0.1, 0.15) is 5.60 Å². The van der Waals surface area contributed by atoms with Crippen LogP contribution in [0.1, 0.15) is 39.7 Å². The summed E-state index contributed by atoms with van der Waals surface area (Å²) < 4.78 is 15.9. The van der Waals surface area contributed by atoms with E-state index in [9.17, 15) is 9.59 Å². The fraction of sp³-hybridized carbons (Fsp3) is 0.400. The van der Waals surface area contributed by atoms with Gasteiger partial charge in [-0.2, -0.15) is 0 Å². The second-order valence-corrected chi connectivity index (χ2v) is 6.94. The van der Waals surface area contributed by atoms with Crippen molar-refractivity contribution in [3.63, 3.8) is 0 Å². The highest BCUT2D eigenvalue weighted by Crippen LogP contribution is 2.38. The van der Waals surface area contributed by atoms with E-state index in [0.29, 0.717) is 17.9 Å². The first kappa shape index (κ1) is 20.5. The van der Waals surface area contributed by atoms with E-state index in [1.807, 2.05) is 39.8 Å². The molecule has 0 aliphatic heterocycles. The van der Waals surface area contributed by atoms with Crippen LogP contribution < -0.4 is 9.47 Å². The molecule has 0 heterocycles. The average Bonchev–Trinajstić information content (AvgIpc) is 2.53. The maximum absolute atomic E-state index is 11.5. The molecule has 0 aliphatic rings. The van der Waals surface area contributed by atoms with Gasteiger partial charge in [-0.1, -0.05) is 33.1 Å². The second kappa shape index (κ2) is 8.01. The minimum atomic E-state index is -0.671. The number of benzene rings is 1. The van der Waals surface area contributed by atoms with Crippen LogP contribution in [0.5, 0.6) is 11.5 Å². The van der Waals surface area contributed by atoms with Crippen molar-refractivity contribution in [2.75, 3.05) is 7.11 Å². The van der Waals surface area contributed by atoms with E-state index in [2.05, 4.69) is 13.2 Å². The monoisotopic (exact) mass is 346 g/mol. The second-order valence-electron chi connectivity index (χ2n) is 6.94. The minimum Gasteiger partial charge on any atom is -0.493 e. The van der Waals surface area contributed by atoms with Crippen molar-refractivity contribution in [3.8, 4) is 11.5 Å². The molecule has 0 unspecified atom stereocenters. The van der Waals surface area contributed by atoms with Crippen LogP contribution in [0.3, 0.4) is 0 Å². The molecule has 25 heavy (non-hydrogen) atoms. The van der Waals surface area contributed by atoms with E-state index in [-0.39, 0.29) is 5.41 Å². The summed E-state index contributed by atoms with van der Waals surface area (Å²) >= 11 is 0. The smallest absolute Gasteiger partial charge is 0.335 e. The fourth-order valence-electron chi connectivity index (χ4n) is 2.84. The Labute approximate surface area is 149 Å². The molecule has 1 rings (SSSR count). The van der Waals surface area contributed by atoms with Gasteiger partial charge in [-0.25, -0.2) is 9.59 Å². The number of hydrogen-bond donors (Lipinski definition) is 0.